The molecule has 2 rings (SSSR count). The molecule has 1 N–H and O–H groups in total. The quantitative estimate of drug-likeness (QED) is 0.688. The first-order valence-electron chi connectivity index (χ1n) is 9.35. The highest BCUT2D eigenvalue weighted by atomic mass is 32.2. The molecule has 0 bridgehead atoms. The van der Waals surface area contributed by atoms with E-state index in [1.807, 2.05) is 13.8 Å². The fourth-order valence-electron chi connectivity index (χ4n) is 2.86. The normalized spacial score (nSPS) is 17.3. The van der Waals surface area contributed by atoms with Gasteiger partial charge in [-0.15, -0.1) is 0 Å². The molecule has 1 aromatic carbocycles. The zero-order valence-corrected chi connectivity index (χ0v) is 17.2. The van der Waals surface area contributed by atoms with Gasteiger partial charge in [-0.05, 0) is 49.9 Å². The predicted octanol–water partition coefficient (Wildman–Crippen LogP) is 1.93. The molecule has 156 valence electrons. The van der Waals surface area contributed by atoms with E-state index in [0.717, 1.165) is 12.1 Å². The first kappa shape index (κ1) is 22.3. The lowest BCUT2D eigenvalue weighted by molar-refractivity contribution is -0.159. The van der Waals surface area contributed by atoms with Crippen molar-refractivity contribution >= 4 is 21.9 Å². The summed E-state index contributed by atoms with van der Waals surface area (Å²) in [6.45, 7) is 6.26. The van der Waals surface area contributed by atoms with Crippen LogP contribution in [0.1, 0.15) is 33.6 Å². The predicted molar refractivity (Wildman–Crippen MR) is 101 cm³/mol. The number of piperidine rings is 1. The van der Waals surface area contributed by atoms with E-state index >= 15 is 0 Å². The maximum Gasteiger partial charge on any atom is 0.309 e. The molecule has 1 atom stereocenters. The highest BCUT2D eigenvalue weighted by Gasteiger charge is 2.33. The van der Waals surface area contributed by atoms with Crippen LogP contribution in [-0.2, 0) is 24.3 Å². The second kappa shape index (κ2) is 9.47. The van der Waals surface area contributed by atoms with Crippen LogP contribution in [0.15, 0.2) is 29.2 Å². The fourth-order valence-corrected chi connectivity index (χ4v) is 4.33. The number of hydrogen-bond acceptors (Lipinski definition) is 5. The van der Waals surface area contributed by atoms with Crippen molar-refractivity contribution in [2.24, 2.45) is 11.8 Å². The Balaban J connectivity index is 1.88. The van der Waals surface area contributed by atoms with Crippen molar-refractivity contribution in [2.45, 2.75) is 44.6 Å². The van der Waals surface area contributed by atoms with E-state index in [4.69, 9.17) is 4.74 Å². The summed E-state index contributed by atoms with van der Waals surface area (Å²) in [4.78, 5) is 24.2. The Morgan fingerprint density at radius 1 is 1.18 bits per heavy atom. The van der Waals surface area contributed by atoms with Gasteiger partial charge in [0.1, 0.15) is 5.82 Å². The lowest BCUT2D eigenvalue weighted by Gasteiger charge is -2.30. The molecular weight excluding hydrogens is 387 g/mol. The van der Waals surface area contributed by atoms with E-state index < -0.39 is 33.8 Å². The Labute approximate surface area is 165 Å². The second-order valence-electron chi connectivity index (χ2n) is 7.35. The second-order valence-corrected chi connectivity index (χ2v) is 9.29. The number of nitrogens with zero attached hydrogens (tertiary/aromatic N) is 1. The number of carbonyl (C=O) groups is 2. The summed E-state index contributed by atoms with van der Waals surface area (Å²) in [6.07, 6.45) is -0.286. The van der Waals surface area contributed by atoms with E-state index in [0.29, 0.717) is 25.3 Å². The van der Waals surface area contributed by atoms with Crippen molar-refractivity contribution in [3.63, 3.8) is 0 Å². The van der Waals surface area contributed by atoms with Gasteiger partial charge >= 0.3 is 5.97 Å². The molecule has 1 aliphatic heterocycles. The van der Waals surface area contributed by atoms with Gasteiger partial charge in [0.05, 0.1) is 10.8 Å². The van der Waals surface area contributed by atoms with Gasteiger partial charge in [-0.25, -0.2) is 12.8 Å². The summed E-state index contributed by atoms with van der Waals surface area (Å²) in [5, 5.41) is 2.71. The molecule has 7 nitrogen and oxygen atoms in total. The lowest BCUT2D eigenvalue weighted by atomic mass is 9.98. The zero-order valence-electron chi connectivity index (χ0n) is 16.4. The Hall–Kier alpha value is -2.00. The van der Waals surface area contributed by atoms with Crippen LogP contribution in [0.2, 0.25) is 0 Å². The third-order valence-corrected chi connectivity index (χ3v) is 6.50. The minimum atomic E-state index is -3.73. The van der Waals surface area contributed by atoms with Crippen molar-refractivity contribution in [3.05, 3.63) is 30.1 Å². The molecule has 1 aliphatic rings. The maximum atomic E-state index is 13.0. The van der Waals surface area contributed by atoms with Crippen molar-refractivity contribution < 1.29 is 27.1 Å². The molecule has 0 unspecified atom stereocenters. The maximum absolute atomic E-state index is 13.0. The average molecular weight is 414 g/mol. The van der Waals surface area contributed by atoms with Crippen LogP contribution < -0.4 is 5.32 Å². The SMILES string of the molecule is CC(C)CNC(=O)[C@H](C)OC(=O)C1CCN(S(=O)(=O)c2ccc(F)cc2)CC1. The van der Waals surface area contributed by atoms with Crippen LogP contribution in [0.4, 0.5) is 4.39 Å². The number of ether oxygens (including phenoxy) is 1. The molecule has 0 aromatic heterocycles. The van der Waals surface area contributed by atoms with Gasteiger partial charge in [-0.3, -0.25) is 9.59 Å². The van der Waals surface area contributed by atoms with Crippen LogP contribution >= 0.6 is 0 Å². The van der Waals surface area contributed by atoms with Crippen LogP contribution in [0.5, 0.6) is 0 Å². The van der Waals surface area contributed by atoms with Crippen molar-refractivity contribution in [1.82, 2.24) is 9.62 Å². The van der Waals surface area contributed by atoms with Gasteiger partial charge in [-0.1, -0.05) is 13.8 Å². The Morgan fingerprint density at radius 2 is 1.75 bits per heavy atom. The largest absolute Gasteiger partial charge is 0.452 e. The van der Waals surface area contributed by atoms with Gasteiger partial charge in [0, 0.05) is 19.6 Å². The smallest absolute Gasteiger partial charge is 0.309 e. The number of amides is 1. The third-order valence-electron chi connectivity index (χ3n) is 4.59. The van der Waals surface area contributed by atoms with Gasteiger partial charge in [0.25, 0.3) is 5.91 Å². The number of halogens is 1. The van der Waals surface area contributed by atoms with E-state index in [1.54, 1.807) is 0 Å². The summed E-state index contributed by atoms with van der Waals surface area (Å²) < 4.78 is 44.7. The molecule has 0 radical (unpaired) electrons. The van der Waals surface area contributed by atoms with Crippen LogP contribution in [0, 0.1) is 17.7 Å². The summed E-state index contributed by atoms with van der Waals surface area (Å²) in [7, 11) is -3.73. The van der Waals surface area contributed by atoms with Gasteiger partial charge in [0.2, 0.25) is 10.0 Å². The first-order chi connectivity index (χ1) is 13.1. The molecule has 9 heteroatoms. The monoisotopic (exact) mass is 414 g/mol. The minimum Gasteiger partial charge on any atom is -0.452 e. The highest BCUT2D eigenvalue weighted by molar-refractivity contribution is 7.89. The number of carbonyl (C=O) groups excluding carboxylic acids is 2. The molecule has 1 saturated heterocycles. The molecule has 1 fully saturated rings. The molecule has 1 amide bonds. The van der Waals surface area contributed by atoms with Crippen molar-refractivity contribution in [1.29, 1.82) is 0 Å². The molecule has 0 saturated carbocycles. The van der Waals surface area contributed by atoms with E-state index in [2.05, 4.69) is 5.32 Å². The number of sulfonamides is 1. The minimum absolute atomic E-state index is 0.0189. The molecule has 28 heavy (non-hydrogen) atoms. The number of rotatable bonds is 7. The third kappa shape index (κ3) is 5.75. The number of esters is 1. The number of benzene rings is 1. The van der Waals surface area contributed by atoms with Gasteiger partial charge < -0.3 is 10.1 Å². The van der Waals surface area contributed by atoms with Crippen molar-refractivity contribution in [3.8, 4) is 0 Å². The number of nitrogens with one attached hydrogen (secondary N) is 1. The summed E-state index contributed by atoms with van der Waals surface area (Å²) >= 11 is 0. The van der Waals surface area contributed by atoms with E-state index in [9.17, 15) is 22.4 Å². The summed E-state index contributed by atoms with van der Waals surface area (Å²) in [5.41, 5.74) is 0. The topological polar surface area (TPSA) is 92.8 Å². The molecule has 0 aliphatic carbocycles. The highest BCUT2D eigenvalue weighted by Crippen LogP contribution is 2.25. The van der Waals surface area contributed by atoms with E-state index in [-0.39, 0.29) is 23.9 Å². The Bertz CT molecular complexity index is 787. The zero-order chi connectivity index (χ0) is 20.9. The van der Waals surface area contributed by atoms with Gasteiger partial charge in [-0.2, -0.15) is 4.31 Å². The standard InChI is InChI=1S/C19H27FN2O5S/c1-13(2)12-21-18(23)14(3)27-19(24)15-8-10-22(11-9-15)28(25,26)17-6-4-16(20)5-7-17/h4-7,13-15H,8-12H2,1-3H3,(H,21,23)/t14-/m0/s1. The van der Waals surface area contributed by atoms with Crippen LogP contribution in [-0.4, -0.2) is 50.3 Å². The van der Waals surface area contributed by atoms with Crippen LogP contribution in [0.25, 0.3) is 0 Å². The fraction of sp³-hybridized carbons (Fsp3) is 0.579. The number of hydrogen-bond donors (Lipinski definition) is 1. The average Bonchev–Trinajstić information content (AvgIpc) is 2.66. The van der Waals surface area contributed by atoms with Crippen molar-refractivity contribution in [2.75, 3.05) is 19.6 Å². The molecule has 1 aromatic rings. The molecular formula is C19H27FN2O5S. The van der Waals surface area contributed by atoms with Crippen LogP contribution in [0.3, 0.4) is 0 Å². The molecule has 1 heterocycles. The van der Waals surface area contributed by atoms with E-state index in [1.165, 1.54) is 23.4 Å². The van der Waals surface area contributed by atoms with Gasteiger partial charge in [0.15, 0.2) is 6.10 Å². The summed E-state index contributed by atoms with van der Waals surface area (Å²) in [5.74, 6) is -1.52. The Morgan fingerprint density at radius 3 is 2.29 bits per heavy atom. The first-order valence-corrected chi connectivity index (χ1v) is 10.8. The summed E-state index contributed by atoms with van der Waals surface area (Å²) in [6, 6.07) is 4.65. The Kier molecular flexibility index (Phi) is 7.54. The molecule has 0 spiro atoms. The lowest BCUT2D eigenvalue weighted by Crippen LogP contribution is -2.42.